The van der Waals surface area contributed by atoms with Crippen LogP contribution in [0.4, 0.5) is 21.5 Å². The number of nitrogens with one attached hydrogen (secondary N) is 1. The summed E-state index contributed by atoms with van der Waals surface area (Å²) in [6.07, 6.45) is 0. The Morgan fingerprint density at radius 3 is 2.12 bits per heavy atom. The van der Waals surface area contributed by atoms with E-state index in [4.69, 9.17) is 9.47 Å². The highest BCUT2D eigenvalue weighted by molar-refractivity contribution is 5.56. The van der Waals surface area contributed by atoms with Crippen molar-refractivity contribution in [3.63, 3.8) is 0 Å². The standard InChI is InChI=1S/C27H35FN4O2/c28-26-15-21(3-6-27(26)32-9-13-34-14-10-32)29-16-23-24-18-30(19-25(23)24)17-20-1-4-22(5-2-20)31-7-11-33-12-8-31/h1-6,15,23-25,29H,7-14,16-19H2. The Bertz CT molecular complexity index is 963. The van der Waals surface area contributed by atoms with E-state index in [1.54, 1.807) is 6.07 Å². The summed E-state index contributed by atoms with van der Waals surface area (Å²) < 4.78 is 25.5. The van der Waals surface area contributed by atoms with Gasteiger partial charge < -0.3 is 24.6 Å². The van der Waals surface area contributed by atoms with Gasteiger partial charge in [-0.3, -0.25) is 4.90 Å². The molecule has 3 saturated heterocycles. The molecule has 34 heavy (non-hydrogen) atoms. The SMILES string of the molecule is Fc1cc(NCC2C3CN(Cc4ccc(N5CCOCC5)cc4)CC23)ccc1N1CCOCC1. The Kier molecular flexibility index (Phi) is 6.33. The van der Waals surface area contributed by atoms with Crippen molar-refractivity contribution in [3.8, 4) is 0 Å². The smallest absolute Gasteiger partial charge is 0.148 e. The van der Waals surface area contributed by atoms with Crippen molar-refractivity contribution >= 4 is 17.1 Å². The molecule has 0 radical (unpaired) electrons. The van der Waals surface area contributed by atoms with E-state index in [0.29, 0.717) is 24.8 Å². The maximum atomic E-state index is 14.7. The van der Waals surface area contributed by atoms with E-state index in [9.17, 15) is 4.39 Å². The lowest BCUT2D eigenvalue weighted by atomic mass is 10.1. The highest BCUT2D eigenvalue weighted by Crippen LogP contribution is 2.51. The van der Waals surface area contributed by atoms with E-state index in [2.05, 4.69) is 44.3 Å². The maximum absolute atomic E-state index is 14.7. The second-order valence-electron chi connectivity index (χ2n) is 10.1. The Hall–Kier alpha value is -2.35. The minimum absolute atomic E-state index is 0.145. The average Bonchev–Trinajstić information content (AvgIpc) is 3.34. The molecule has 2 atom stereocenters. The van der Waals surface area contributed by atoms with E-state index in [0.717, 1.165) is 70.0 Å². The lowest BCUT2D eigenvalue weighted by Gasteiger charge is -2.29. The normalized spacial score (nSPS) is 27.0. The lowest BCUT2D eigenvalue weighted by Crippen LogP contribution is -2.36. The molecule has 1 N–H and O–H groups in total. The van der Waals surface area contributed by atoms with Crippen molar-refractivity contribution in [2.24, 2.45) is 17.8 Å². The van der Waals surface area contributed by atoms with Gasteiger partial charge >= 0.3 is 0 Å². The molecule has 3 aliphatic heterocycles. The van der Waals surface area contributed by atoms with Gasteiger partial charge in [-0.15, -0.1) is 0 Å². The van der Waals surface area contributed by atoms with Gasteiger partial charge in [-0.1, -0.05) is 12.1 Å². The van der Waals surface area contributed by atoms with Gasteiger partial charge in [-0.2, -0.15) is 0 Å². The zero-order valence-corrected chi connectivity index (χ0v) is 19.8. The number of halogens is 1. The fourth-order valence-corrected chi connectivity index (χ4v) is 5.97. The number of rotatable bonds is 7. The first-order valence-corrected chi connectivity index (χ1v) is 12.7. The van der Waals surface area contributed by atoms with Crippen LogP contribution in [0.25, 0.3) is 0 Å². The quantitative estimate of drug-likeness (QED) is 0.676. The molecule has 0 spiro atoms. The van der Waals surface area contributed by atoms with E-state index in [1.165, 1.54) is 24.3 Å². The summed E-state index contributed by atoms with van der Waals surface area (Å²) in [7, 11) is 0. The van der Waals surface area contributed by atoms with E-state index in [1.807, 2.05) is 12.1 Å². The fraction of sp³-hybridized carbons (Fsp3) is 0.556. The third-order valence-corrected chi connectivity index (χ3v) is 8.01. The van der Waals surface area contributed by atoms with Crippen LogP contribution in [-0.4, -0.2) is 77.1 Å². The highest BCUT2D eigenvalue weighted by atomic mass is 19.1. The zero-order chi connectivity index (χ0) is 22.9. The molecule has 2 unspecified atom stereocenters. The van der Waals surface area contributed by atoms with Crippen LogP contribution in [0.3, 0.4) is 0 Å². The molecule has 2 aromatic carbocycles. The predicted molar refractivity (Wildman–Crippen MR) is 133 cm³/mol. The van der Waals surface area contributed by atoms with Crippen molar-refractivity contribution in [1.29, 1.82) is 0 Å². The molecule has 1 aliphatic carbocycles. The van der Waals surface area contributed by atoms with Gasteiger partial charge in [0.15, 0.2) is 0 Å². The molecule has 182 valence electrons. The van der Waals surface area contributed by atoms with Crippen LogP contribution in [0.2, 0.25) is 0 Å². The largest absolute Gasteiger partial charge is 0.385 e. The molecule has 0 aromatic heterocycles. The number of hydrogen-bond acceptors (Lipinski definition) is 6. The van der Waals surface area contributed by atoms with Gasteiger partial charge in [0, 0.05) is 63.7 Å². The Morgan fingerprint density at radius 1 is 0.824 bits per heavy atom. The number of ether oxygens (including phenoxy) is 2. The fourth-order valence-electron chi connectivity index (χ4n) is 5.97. The average molecular weight is 467 g/mol. The van der Waals surface area contributed by atoms with Crippen LogP contribution in [0.5, 0.6) is 0 Å². The second-order valence-corrected chi connectivity index (χ2v) is 10.1. The molecule has 4 fully saturated rings. The van der Waals surface area contributed by atoms with Gasteiger partial charge in [0.2, 0.25) is 0 Å². The molecular weight excluding hydrogens is 431 g/mol. The third kappa shape index (κ3) is 4.74. The van der Waals surface area contributed by atoms with E-state index >= 15 is 0 Å². The number of piperidine rings is 1. The van der Waals surface area contributed by atoms with Crippen LogP contribution >= 0.6 is 0 Å². The molecule has 0 bridgehead atoms. The number of likely N-dealkylation sites (tertiary alicyclic amines) is 1. The van der Waals surface area contributed by atoms with Gasteiger partial charge in [-0.25, -0.2) is 4.39 Å². The first kappa shape index (κ1) is 22.1. The number of hydrogen-bond donors (Lipinski definition) is 1. The molecule has 4 aliphatic rings. The lowest BCUT2D eigenvalue weighted by molar-refractivity contribution is 0.122. The summed E-state index contributed by atoms with van der Waals surface area (Å²) in [5, 5.41) is 3.49. The molecular formula is C27H35FN4O2. The first-order valence-electron chi connectivity index (χ1n) is 12.7. The van der Waals surface area contributed by atoms with Crippen LogP contribution in [0.1, 0.15) is 5.56 Å². The van der Waals surface area contributed by atoms with Crippen molar-refractivity contribution in [1.82, 2.24) is 4.90 Å². The summed E-state index contributed by atoms with van der Waals surface area (Å²) in [5.41, 5.74) is 4.27. The van der Waals surface area contributed by atoms with Crippen molar-refractivity contribution in [3.05, 3.63) is 53.8 Å². The molecule has 6 nitrogen and oxygen atoms in total. The zero-order valence-electron chi connectivity index (χ0n) is 19.8. The van der Waals surface area contributed by atoms with Crippen molar-refractivity contribution in [2.45, 2.75) is 6.54 Å². The van der Waals surface area contributed by atoms with Gasteiger partial charge in [0.25, 0.3) is 0 Å². The predicted octanol–water partition coefficient (Wildman–Crippen LogP) is 3.29. The van der Waals surface area contributed by atoms with Gasteiger partial charge in [-0.05, 0) is 53.6 Å². The molecule has 7 heteroatoms. The number of nitrogens with zero attached hydrogens (tertiary/aromatic N) is 3. The Morgan fingerprint density at radius 2 is 1.47 bits per heavy atom. The van der Waals surface area contributed by atoms with Crippen molar-refractivity contribution in [2.75, 3.05) is 87.4 Å². The van der Waals surface area contributed by atoms with Crippen LogP contribution in [0, 0.1) is 23.6 Å². The summed E-state index contributed by atoms with van der Waals surface area (Å²) in [6, 6.07) is 14.6. The Balaban J connectivity index is 0.954. The third-order valence-electron chi connectivity index (χ3n) is 8.01. The van der Waals surface area contributed by atoms with Crippen LogP contribution < -0.4 is 15.1 Å². The molecule has 6 rings (SSSR count). The molecule has 0 amide bonds. The maximum Gasteiger partial charge on any atom is 0.148 e. The summed E-state index contributed by atoms with van der Waals surface area (Å²) in [5.74, 6) is 2.12. The Labute approximate surface area is 201 Å². The minimum atomic E-state index is -0.145. The summed E-state index contributed by atoms with van der Waals surface area (Å²) >= 11 is 0. The molecule has 1 saturated carbocycles. The number of fused-ring (bicyclic) bond motifs is 1. The molecule has 2 aromatic rings. The van der Waals surface area contributed by atoms with Crippen LogP contribution in [-0.2, 0) is 16.0 Å². The van der Waals surface area contributed by atoms with E-state index < -0.39 is 0 Å². The summed E-state index contributed by atoms with van der Waals surface area (Å²) in [6.45, 7) is 10.8. The minimum Gasteiger partial charge on any atom is -0.385 e. The highest BCUT2D eigenvalue weighted by Gasteiger charge is 2.54. The van der Waals surface area contributed by atoms with Gasteiger partial charge in [0.1, 0.15) is 5.82 Å². The van der Waals surface area contributed by atoms with Crippen molar-refractivity contribution < 1.29 is 13.9 Å². The van der Waals surface area contributed by atoms with Crippen LogP contribution in [0.15, 0.2) is 42.5 Å². The molecule has 3 heterocycles. The number of anilines is 3. The monoisotopic (exact) mass is 466 g/mol. The number of benzene rings is 2. The first-order chi connectivity index (χ1) is 16.7. The topological polar surface area (TPSA) is 40.2 Å². The van der Waals surface area contributed by atoms with E-state index in [-0.39, 0.29) is 5.82 Å². The summed E-state index contributed by atoms with van der Waals surface area (Å²) in [4.78, 5) is 7.06. The number of morpholine rings is 2. The van der Waals surface area contributed by atoms with Gasteiger partial charge in [0.05, 0.1) is 32.1 Å². The second kappa shape index (κ2) is 9.72.